The fraction of sp³-hybridized carbons (Fsp3) is 0.381. The van der Waals surface area contributed by atoms with Crippen LogP contribution in [0.15, 0.2) is 53.4 Å². The number of carbonyl (C=O) groups is 1. The van der Waals surface area contributed by atoms with E-state index in [1.54, 1.807) is 12.1 Å². The molecule has 0 saturated heterocycles. The van der Waals surface area contributed by atoms with Gasteiger partial charge in [-0.3, -0.25) is 4.79 Å². The minimum atomic E-state index is -4.05. The molecule has 158 valence electrons. The van der Waals surface area contributed by atoms with Gasteiger partial charge in [-0.15, -0.1) is 0 Å². The number of methoxy groups -OCH3 is 1. The lowest BCUT2D eigenvalue weighted by Gasteiger charge is -2.20. The largest absolute Gasteiger partial charge is 0.495 e. The summed E-state index contributed by atoms with van der Waals surface area (Å²) < 4.78 is 34.0. The predicted molar refractivity (Wildman–Crippen MR) is 111 cm³/mol. The van der Waals surface area contributed by atoms with Gasteiger partial charge in [0, 0.05) is 6.54 Å². The molecule has 8 heteroatoms. The van der Waals surface area contributed by atoms with E-state index >= 15 is 0 Å². The zero-order valence-corrected chi connectivity index (χ0v) is 17.7. The van der Waals surface area contributed by atoms with E-state index in [1.807, 2.05) is 50.2 Å². The lowest BCUT2D eigenvalue weighted by atomic mass is 10.0. The highest BCUT2D eigenvalue weighted by Crippen LogP contribution is 2.28. The third-order valence-electron chi connectivity index (χ3n) is 4.45. The maximum Gasteiger partial charge on any atom is 0.245 e. The molecule has 0 aliphatic heterocycles. The molecule has 3 N–H and O–H groups in total. The summed E-state index contributed by atoms with van der Waals surface area (Å²) in [5.41, 5.74) is 1.65. The summed E-state index contributed by atoms with van der Waals surface area (Å²) in [5, 5.41) is 11.5. The second-order valence-corrected chi connectivity index (χ2v) is 8.63. The van der Waals surface area contributed by atoms with Crippen molar-refractivity contribution < 1.29 is 23.1 Å². The van der Waals surface area contributed by atoms with Crippen molar-refractivity contribution in [2.75, 3.05) is 20.3 Å². The summed E-state index contributed by atoms with van der Waals surface area (Å²) in [6.45, 7) is 3.73. The van der Waals surface area contributed by atoms with Crippen LogP contribution in [0.3, 0.4) is 0 Å². The van der Waals surface area contributed by atoms with Crippen molar-refractivity contribution in [2.45, 2.75) is 37.1 Å². The zero-order valence-electron chi connectivity index (χ0n) is 16.9. The van der Waals surface area contributed by atoms with Crippen molar-refractivity contribution in [1.29, 1.82) is 0 Å². The van der Waals surface area contributed by atoms with Crippen LogP contribution in [-0.2, 0) is 21.2 Å². The van der Waals surface area contributed by atoms with E-state index in [1.165, 1.54) is 7.11 Å². The minimum Gasteiger partial charge on any atom is -0.495 e. The van der Waals surface area contributed by atoms with Gasteiger partial charge in [0.2, 0.25) is 15.9 Å². The quantitative estimate of drug-likeness (QED) is 0.544. The third-order valence-corrected chi connectivity index (χ3v) is 5.94. The van der Waals surface area contributed by atoms with Gasteiger partial charge in [-0.2, -0.15) is 4.72 Å². The van der Waals surface area contributed by atoms with E-state index in [0.717, 1.165) is 11.1 Å². The van der Waals surface area contributed by atoms with Crippen molar-refractivity contribution in [3.05, 3.63) is 59.7 Å². The molecular weight excluding hydrogens is 392 g/mol. The van der Waals surface area contributed by atoms with E-state index in [2.05, 4.69) is 10.0 Å². The molecule has 0 aromatic heterocycles. The van der Waals surface area contributed by atoms with Gasteiger partial charge >= 0.3 is 0 Å². The molecule has 2 aromatic carbocycles. The summed E-state index contributed by atoms with van der Waals surface area (Å²) in [4.78, 5) is 12.6. The first kappa shape index (κ1) is 22.9. The van der Waals surface area contributed by atoms with Crippen LogP contribution >= 0.6 is 0 Å². The lowest BCUT2D eigenvalue weighted by molar-refractivity contribution is -0.122. The van der Waals surface area contributed by atoms with E-state index in [4.69, 9.17) is 9.84 Å². The number of hydrogen-bond donors (Lipinski definition) is 3. The molecule has 1 atom stereocenters. The van der Waals surface area contributed by atoms with Crippen molar-refractivity contribution in [2.24, 2.45) is 0 Å². The molecule has 0 radical (unpaired) electrons. The molecule has 1 unspecified atom stereocenters. The van der Waals surface area contributed by atoms with Crippen molar-refractivity contribution in [1.82, 2.24) is 10.0 Å². The summed E-state index contributed by atoms with van der Waals surface area (Å²) in [6.07, 6.45) is 0.170. The van der Waals surface area contributed by atoms with Crippen molar-refractivity contribution in [3.8, 4) is 5.75 Å². The summed E-state index contributed by atoms with van der Waals surface area (Å²) in [7, 11) is -2.65. The topological polar surface area (TPSA) is 105 Å². The van der Waals surface area contributed by atoms with E-state index < -0.39 is 22.0 Å². The molecule has 2 rings (SSSR count). The van der Waals surface area contributed by atoms with E-state index in [0.29, 0.717) is 0 Å². The average Bonchev–Trinajstić information content (AvgIpc) is 2.71. The second kappa shape index (κ2) is 10.4. The Balaban J connectivity index is 2.37. The van der Waals surface area contributed by atoms with Gasteiger partial charge < -0.3 is 15.2 Å². The maximum absolute atomic E-state index is 13.1. The fourth-order valence-corrected chi connectivity index (χ4v) is 4.25. The molecule has 0 fully saturated rings. The third kappa shape index (κ3) is 6.28. The van der Waals surface area contributed by atoms with Crippen LogP contribution in [0, 0.1) is 0 Å². The molecule has 0 heterocycles. The van der Waals surface area contributed by atoms with Gasteiger partial charge in [0.15, 0.2) is 0 Å². The SMILES string of the molecule is COc1ccc(C(C)C)cc1S(=O)(=O)NC(Cc1ccccc1)C(=O)NCCO. The molecule has 1 amide bonds. The number of amides is 1. The predicted octanol–water partition coefficient (Wildman–Crippen LogP) is 1.82. The van der Waals surface area contributed by atoms with Crippen LogP contribution in [0.25, 0.3) is 0 Å². The van der Waals surface area contributed by atoms with E-state index in [9.17, 15) is 13.2 Å². The number of ether oxygens (including phenoxy) is 1. The Morgan fingerprint density at radius 2 is 1.83 bits per heavy atom. The lowest BCUT2D eigenvalue weighted by Crippen LogP contribution is -2.48. The van der Waals surface area contributed by atoms with Crippen LogP contribution < -0.4 is 14.8 Å². The zero-order chi connectivity index (χ0) is 21.4. The number of rotatable bonds is 10. The minimum absolute atomic E-state index is 0.0146. The van der Waals surface area contributed by atoms with E-state index in [-0.39, 0.29) is 36.1 Å². The van der Waals surface area contributed by atoms with Gasteiger partial charge in [-0.25, -0.2) is 8.42 Å². The molecule has 2 aromatic rings. The fourth-order valence-electron chi connectivity index (χ4n) is 2.85. The standard InChI is InChI=1S/C21H28N2O5S/c1-15(2)17-9-10-19(28-3)20(14-17)29(26,27)23-18(21(25)22-11-12-24)13-16-7-5-4-6-8-16/h4-10,14-15,18,23-24H,11-13H2,1-3H3,(H,22,25). The molecule has 0 aliphatic rings. The van der Waals surface area contributed by atoms with Gasteiger partial charge in [0.25, 0.3) is 0 Å². The maximum atomic E-state index is 13.1. The Morgan fingerprint density at radius 1 is 1.14 bits per heavy atom. The molecule has 7 nitrogen and oxygen atoms in total. The molecule has 0 aliphatic carbocycles. The van der Waals surface area contributed by atoms with Crippen LogP contribution in [0.5, 0.6) is 5.75 Å². The highest BCUT2D eigenvalue weighted by Gasteiger charge is 2.28. The number of nitrogens with one attached hydrogen (secondary N) is 2. The molecular formula is C21H28N2O5S. The van der Waals surface area contributed by atoms with Crippen LogP contribution in [0.2, 0.25) is 0 Å². The molecule has 0 bridgehead atoms. The average molecular weight is 421 g/mol. The highest BCUT2D eigenvalue weighted by molar-refractivity contribution is 7.89. The van der Waals surface area contributed by atoms with Gasteiger partial charge in [0.1, 0.15) is 16.7 Å². The summed E-state index contributed by atoms with van der Waals surface area (Å²) in [5.74, 6) is -0.176. The first-order valence-electron chi connectivity index (χ1n) is 9.41. The summed E-state index contributed by atoms with van der Waals surface area (Å²) >= 11 is 0. The number of benzene rings is 2. The van der Waals surface area contributed by atoms with Crippen LogP contribution in [0.1, 0.15) is 30.9 Å². The summed E-state index contributed by atoms with van der Waals surface area (Å²) in [6, 6.07) is 13.1. The highest BCUT2D eigenvalue weighted by atomic mass is 32.2. The Labute approximate surface area is 172 Å². The van der Waals surface area contributed by atoms with Gasteiger partial charge in [-0.1, -0.05) is 50.2 Å². The molecule has 29 heavy (non-hydrogen) atoms. The second-order valence-electron chi connectivity index (χ2n) is 6.94. The van der Waals surface area contributed by atoms with Crippen LogP contribution in [0.4, 0.5) is 0 Å². The number of hydrogen-bond acceptors (Lipinski definition) is 5. The number of carbonyl (C=O) groups excluding carboxylic acids is 1. The first-order chi connectivity index (χ1) is 13.8. The normalized spacial score (nSPS) is 12.6. The smallest absolute Gasteiger partial charge is 0.245 e. The van der Waals surface area contributed by atoms with Gasteiger partial charge in [0.05, 0.1) is 13.7 Å². The van der Waals surface area contributed by atoms with Gasteiger partial charge in [-0.05, 0) is 35.6 Å². The Bertz CT molecular complexity index is 914. The van der Waals surface area contributed by atoms with Crippen LogP contribution in [-0.4, -0.2) is 45.7 Å². The molecule has 0 saturated carbocycles. The Hall–Kier alpha value is -2.42. The Kier molecular flexibility index (Phi) is 8.19. The Morgan fingerprint density at radius 3 is 2.41 bits per heavy atom. The monoisotopic (exact) mass is 420 g/mol. The van der Waals surface area contributed by atoms with Crippen molar-refractivity contribution in [3.63, 3.8) is 0 Å². The number of aliphatic hydroxyl groups excluding tert-OH is 1. The first-order valence-corrected chi connectivity index (χ1v) is 10.9. The number of aliphatic hydroxyl groups is 1. The van der Waals surface area contributed by atoms with Crippen molar-refractivity contribution >= 4 is 15.9 Å². The number of sulfonamides is 1. The molecule has 0 spiro atoms.